The van der Waals surface area contributed by atoms with E-state index in [4.69, 9.17) is 4.42 Å². The van der Waals surface area contributed by atoms with Gasteiger partial charge in [0, 0.05) is 48.2 Å². The molecule has 0 bridgehead atoms. The first-order valence-corrected chi connectivity index (χ1v) is 19.8. The third-order valence-electron chi connectivity index (χ3n) is 11.4. The molecule has 0 radical (unpaired) electrons. The number of thiophene rings is 1. The molecule has 3 aromatic heterocycles. The summed E-state index contributed by atoms with van der Waals surface area (Å²) in [6.45, 7) is 0. The number of rotatable bonds is 5. The molecule has 4 heteroatoms. The van der Waals surface area contributed by atoms with Crippen LogP contribution in [0.25, 0.3) is 91.7 Å². The van der Waals surface area contributed by atoms with Gasteiger partial charge in [0.2, 0.25) is 5.71 Å². The minimum Gasteiger partial charge on any atom is -0.437 e. The zero-order chi connectivity index (χ0) is 36.7. The van der Waals surface area contributed by atoms with Crippen LogP contribution in [-0.4, -0.2) is 4.40 Å². The van der Waals surface area contributed by atoms with Gasteiger partial charge in [-0.05, 0) is 93.3 Å². The quantitative estimate of drug-likeness (QED) is 0.164. The lowest BCUT2D eigenvalue weighted by Crippen LogP contribution is -2.09. The molecular formula is C52H32N2OS. The van der Waals surface area contributed by atoms with Gasteiger partial charge in [0.1, 0.15) is 0 Å². The lowest BCUT2D eigenvalue weighted by molar-refractivity contribution is 0.659. The Morgan fingerprint density at radius 1 is 0.411 bits per heavy atom. The summed E-state index contributed by atoms with van der Waals surface area (Å²) >= 11 is 1.85. The molecule has 0 amide bonds. The second-order valence-corrected chi connectivity index (χ2v) is 15.6. The predicted octanol–water partition coefficient (Wildman–Crippen LogP) is 15.3. The summed E-state index contributed by atoms with van der Waals surface area (Å²) in [5.74, 6) is 0. The molecule has 12 aromatic rings. The minimum atomic E-state index is 0.864. The molecule has 3 nitrogen and oxygen atoms in total. The van der Waals surface area contributed by atoms with Gasteiger partial charge in [-0.25, -0.2) is 0 Å². The molecule has 56 heavy (non-hydrogen) atoms. The van der Waals surface area contributed by atoms with Gasteiger partial charge < -0.3 is 9.32 Å². The highest BCUT2D eigenvalue weighted by Crippen LogP contribution is 2.44. The summed E-state index contributed by atoms with van der Waals surface area (Å²) < 4.78 is 11.8. The van der Waals surface area contributed by atoms with Crippen molar-refractivity contribution >= 4 is 97.8 Å². The molecule has 0 N–H and O–H groups in total. The Kier molecular flexibility index (Phi) is 6.80. The number of hydrogen-bond donors (Lipinski definition) is 0. The first kappa shape index (κ1) is 31.2. The van der Waals surface area contributed by atoms with Crippen LogP contribution in [0.15, 0.2) is 199 Å². The van der Waals surface area contributed by atoms with E-state index in [1.807, 2.05) is 11.3 Å². The molecule has 0 atom stereocenters. The molecule has 0 fully saturated rings. The monoisotopic (exact) mass is 732 g/mol. The minimum absolute atomic E-state index is 0.864. The maximum atomic E-state index is 6.92. The molecule has 0 saturated heterocycles. The molecule has 0 aliphatic heterocycles. The first-order chi connectivity index (χ1) is 27.8. The van der Waals surface area contributed by atoms with Crippen LogP contribution in [0, 0.1) is 0 Å². The summed E-state index contributed by atoms with van der Waals surface area (Å²) in [4.78, 5) is 2.39. The summed E-state index contributed by atoms with van der Waals surface area (Å²) in [5, 5.41) is 8.75. The standard InChI is InChI=1S/C52H32N2OS/c1-2-12-35(13-3-1)50-44-16-6-8-18-46(44)54-47-19-10-17-42(51(47)55-52(50)54)34-23-25-37(26-24-34)53(39-28-30-49-45(32-39)43-15-7-9-20-48(43)56-49)38-27-29-41-36(31-38)22-21-33-11-4-5-14-40(33)41/h1-32H. The number of oxazole rings is 1. The average molecular weight is 733 g/mol. The second-order valence-electron chi connectivity index (χ2n) is 14.5. The molecule has 3 heterocycles. The number of benzene rings is 9. The van der Waals surface area contributed by atoms with Crippen LogP contribution >= 0.6 is 11.3 Å². The van der Waals surface area contributed by atoms with Crippen LogP contribution in [0.3, 0.4) is 0 Å². The van der Waals surface area contributed by atoms with Crippen molar-refractivity contribution in [1.82, 2.24) is 4.40 Å². The van der Waals surface area contributed by atoms with Gasteiger partial charge in [0.05, 0.1) is 16.6 Å². The van der Waals surface area contributed by atoms with Crippen LogP contribution < -0.4 is 4.90 Å². The molecule has 262 valence electrons. The van der Waals surface area contributed by atoms with E-state index in [0.717, 1.165) is 61.6 Å². The Morgan fingerprint density at radius 3 is 1.96 bits per heavy atom. The topological polar surface area (TPSA) is 20.8 Å². The molecule has 0 unspecified atom stereocenters. The van der Waals surface area contributed by atoms with Gasteiger partial charge in [-0.1, -0.05) is 133 Å². The van der Waals surface area contributed by atoms with Gasteiger partial charge in [0.15, 0.2) is 5.58 Å². The van der Waals surface area contributed by atoms with Crippen molar-refractivity contribution in [2.45, 2.75) is 0 Å². The van der Waals surface area contributed by atoms with Gasteiger partial charge in [-0.3, -0.25) is 4.40 Å². The number of aromatic nitrogens is 1. The molecule has 0 aliphatic rings. The van der Waals surface area contributed by atoms with E-state index in [2.05, 4.69) is 203 Å². The van der Waals surface area contributed by atoms with Crippen molar-refractivity contribution in [3.05, 3.63) is 194 Å². The van der Waals surface area contributed by atoms with E-state index in [1.54, 1.807) is 0 Å². The zero-order valence-electron chi connectivity index (χ0n) is 30.2. The van der Waals surface area contributed by atoms with Crippen molar-refractivity contribution in [2.75, 3.05) is 4.90 Å². The molecule has 0 spiro atoms. The summed E-state index contributed by atoms with van der Waals surface area (Å²) in [6, 6.07) is 70.2. The van der Waals surface area contributed by atoms with Crippen molar-refractivity contribution in [1.29, 1.82) is 0 Å². The number of fused-ring (bicyclic) bond motifs is 11. The fourth-order valence-electron chi connectivity index (χ4n) is 8.80. The molecular weight excluding hydrogens is 701 g/mol. The van der Waals surface area contributed by atoms with Gasteiger partial charge in [-0.2, -0.15) is 0 Å². The Labute approximate surface area is 326 Å². The van der Waals surface area contributed by atoms with Gasteiger partial charge >= 0.3 is 0 Å². The summed E-state index contributed by atoms with van der Waals surface area (Å²) in [7, 11) is 0. The molecule has 9 aromatic carbocycles. The van der Waals surface area contributed by atoms with Crippen LogP contribution in [-0.2, 0) is 0 Å². The van der Waals surface area contributed by atoms with Crippen LogP contribution in [0.2, 0.25) is 0 Å². The number of para-hydroxylation sites is 2. The zero-order valence-corrected chi connectivity index (χ0v) is 31.0. The average Bonchev–Trinajstić information content (AvgIpc) is 3.93. The van der Waals surface area contributed by atoms with Crippen LogP contribution in [0.4, 0.5) is 17.1 Å². The Bertz CT molecular complexity index is 3480. The van der Waals surface area contributed by atoms with Crippen molar-refractivity contribution < 1.29 is 4.42 Å². The summed E-state index contributed by atoms with van der Waals surface area (Å²) in [5.41, 5.74) is 11.7. The maximum Gasteiger partial charge on any atom is 0.213 e. The van der Waals surface area contributed by atoms with Crippen molar-refractivity contribution in [2.24, 2.45) is 0 Å². The first-order valence-electron chi connectivity index (χ1n) is 19.0. The normalized spacial score (nSPS) is 11.9. The van der Waals surface area contributed by atoms with E-state index in [0.29, 0.717) is 0 Å². The maximum absolute atomic E-state index is 6.92. The number of hydrogen-bond acceptors (Lipinski definition) is 3. The van der Waals surface area contributed by atoms with Gasteiger partial charge in [-0.15, -0.1) is 11.3 Å². The third-order valence-corrected chi connectivity index (χ3v) is 12.5. The van der Waals surface area contributed by atoms with E-state index in [9.17, 15) is 0 Å². The van der Waals surface area contributed by atoms with Crippen molar-refractivity contribution in [3.8, 4) is 22.3 Å². The highest BCUT2D eigenvalue weighted by atomic mass is 32.1. The SMILES string of the molecule is c1ccc(-c2c3ccccc3n3c2oc2c(-c4ccc(N(c5ccc6c(ccc7ccccc76)c5)c5ccc6sc7ccccc7c6c5)cc4)cccc23)cc1. The summed E-state index contributed by atoms with van der Waals surface area (Å²) in [6.07, 6.45) is 0. The fraction of sp³-hybridized carbons (Fsp3) is 0. The van der Waals surface area contributed by atoms with Crippen LogP contribution in [0.1, 0.15) is 0 Å². The highest BCUT2D eigenvalue weighted by molar-refractivity contribution is 7.25. The predicted molar refractivity (Wildman–Crippen MR) is 238 cm³/mol. The van der Waals surface area contributed by atoms with E-state index in [1.165, 1.54) is 47.1 Å². The van der Waals surface area contributed by atoms with Crippen molar-refractivity contribution in [3.63, 3.8) is 0 Å². The lowest BCUT2D eigenvalue weighted by Gasteiger charge is -2.26. The van der Waals surface area contributed by atoms with E-state index in [-0.39, 0.29) is 0 Å². The van der Waals surface area contributed by atoms with E-state index < -0.39 is 0 Å². The number of nitrogens with zero attached hydrogens (tertiary/aromatic N) is 2. The third kappa shape index (κ3) is 4.70. The van der Waals surface area contributed by atoms with E-state index >= 15 is 0 Å². The van der Waals surface area contributed by atoms with Gasteiger partial charge in [0.25, 0.3) is 0 Å². The smallest absolute Gasteiger partial charge is 0.213 e. The molecule has 12 rings (SSSR count). The fourth-order valence-corrected chi connectivity index (χ4v) is 9.88. The largest absolute Gasteiger partial charge is 0.437 e. The Morgan fingerprint density at radius 2 is 1.07 bits per heavy atom. The second kappa shape index (κ2) is 12.2. The Balaban J connectivity index is 1.02. The lowest BCUT2D eigenvalue weighted by atomic mass is 10.0. The molecule has 0 saturated carbocycles. The van der Waals surface area contributed by atoms with Crippen LogP contribution in [0.5, 0.6) is 0 Å². The molecule has 0 aliphatic carbocycles. The highest BCUT2D eigenvalue weighted by Gasteiger charge is 2.22. The Hall–Kier alpha value is -7.14. The number of anilines is 3.